The third kappa shape index (κ3) is 2.72. The molecule has 0 spiro atoms. The van der Waals surface area contributed by atoms with Gasteiger partial charge >= 0.3 is 0 Å². The van der Waals surface area contributed by atoms with Crippen molar-refractivity contribution in [3.63, 3.8) is 0 Å². The molecule has 0 unspecified atom stereocenters. The molecule has 0 heterocycles. The average Bonchev–Trinajstić information content (AvgIpc) is 2.50. The van der Waals surface area contributed by atoms with Gasteiger partial charge in [-0.25, -0.2) is 0 Å². The van der Waals surface area contributed by atoms with E-state index in [0.717, 1.165) is 18.4 Å². The number of hydrogen-bond donors (Lipinski definition) is 1. The Hall–Kier alpha value is -1.50. The molecule has 0 fully saturated rings. The zero-order valence-electron chi connectivity index (χ0n) is 8.82. The predicted octanol–water partition coefficient (Wildman–Crippen LogP) is 3.60. The van der Waals surface area contributed by atoms with Crippen LogP contribution in [0.5, 0.6) is 5.75 Å². The monoisotopic (exact) mass is 200 g/mol. The van der Waals surface area contributed by atoms with Crippen molar-refractivity contribution in [3.05, 3.63) is 53.6 Å². The molecule has 1 aliphatic rings. The molecule has 1 nitrogen and oxygen atoms in total. The van der Waals surface area contributed by atoms with E-state index in [1.54, 1.807) is 6.07 Å². The third-order valence-electron chi connectivity index (χ3n) is 2.70. The molecule has 78 valence electrons. The van der Waals surface area contributed by atoms with Gasteiger partial charge in [0.2, 0.25) is 0 Å². The number of rotatable bonds is 2. The molecule has 15 heavy (non-hydrogen) atoms. The minimum Gasteiger partial charge on any atom is -0.508 e. The van der Waals surface area contributed by atoms with Crippen LogP contribution in [-0.2, 0) is 6.42 Å². The van der Waals surface area contributed by atoms with Crippen molar-refractivity contribution in [1.29, 1.82) is 0 Å². The van der Waals surface area contributed by atoms with Crippen LogP contribution in [-0.4, -0.2) is 5.11 Å². The smallest absolute Gasteiger partial charge is 0.119 e. The van der Waals surface area contributed by atoms with Crippen molar-refractivity contribution in [2.75, 3.05) is 0 Å². The van der Waals surface area contributed by atoms with E-state index in [1.165, 1.54) is 18.4 Å². The lowest BCUT2D eigenvalue weighted by Gasteiger charge is -2.04. The Morgan fingerprint density at radius 2 is 2.00 bits per heavy atom. The normalized spacial score (nSPS) is 15.9. The number of hydrogen-bond acceptors (Lipinski definition) is 1. The van der Waals surface area contributed by atoms with Crippen LogP contribution in [0.2, 0.25) is 0 Å². The Kier molecular flexibility index (Phi) is 3.23. The Morgan fingerprint density at radius 1 is 1.13 bits per heavy atom. The quantitative estimate of drug-likeness (QED) is 0.773. The summed E-state index contributed by atoms with van der Waals surface area (Å²) in [6.07, 6.45) is 11.1. The lowest BCUT2D eigenvalue weighted by molar-refractivity contribution is 0.469. The molecule has 0 aliphatic heterocycles. The molecule has 0 radical (unpaired) electrons. The van der Waals surface area contributed by atoms with Gasteiger partial charge in [-0.2, -0.15) is 0 Å². The van der Waals surface area contributed by atoms with Crippen LogP contribution in [0.3, 0.4) is 0 Å². The van der Waals surface area contributed by atoms with Crippen LogP contribution in [0.1, 0.15) is 24.8 Å². The number of benzene rings is 1. The summed E-state index contributed by atoms with van der Waals surface area (Å²) in [5.74, 6) is 0.399. The summed E-state index contributed by atoms with van der Waals surface area (Å²) in [6, 6.07) is 7.55. The maximum Gasteiger partial charge on any atom is 0.119 e. The first kappa shape index (κ1) is 10.0. The summed E-state index contributed by atoms with van der Waals surface area (Å²) in [5.41, 5.74) is 2.32. The fourth-order valence-corrected chi connectivity index (χ4v) is 1.84. The molecule has 1 heteroatoms. The molecule has 0 aromatic heterocycles. The molecule has 0 saturated carbocycles. The Balaban J connectivity index is 2.14. The summed E-state index contributed by atoms with van der Waals surface area (Å²) in [6.45, 7) is 0. The summed E-state index contributed by atoms with van der Waals surface area (Å²) >= 11 is 0. The molecule has 0 saturated heterocycles. The number of allylic oxidation sites excluding steroid dienone is 4. The Bertz CT molecular complexity index is 388. The van der Waals surface area contributed by atoms with Gasteiger partial charge in [0.1, 0.15) is 5.75 Å². The second kappa shape index (κ2) is 4.83. The zero-order chi connectivity index (χ0) is 10.5. The van der Waals surface area contributed by atoms with E-state index in [0.29, 0.717) is 5.75 Å². The fraction of sp³-hybridized carbons (Fsp3) is 0.286. The largest absolute Gasteiger partial charge is 0.508 e. The average molecular weight is 200 g/mol. The van der Waals surface area contributed by atoms with Crippen molar-refractivity contribution in [2.45, 2.75) is 25.7 Å². The lowest BCUT2D eigenvalue weighted by Crippen LogP contribution is -1.88. The van der Waals surface area contributed by atoms with Crippen molar-refractivity contribution < 1.29 is 5.11 Å². The highest BCUT2D eigenvalue weighted by Gasteiger charge is 2.02. The maximum atomic E-state index is 9.66. The molecule has 1 N–H and O–H groups in total. The molecule has 1 aromatic carbocycles. The first-order valence-electron chi connectivity index (χ1n) is 5.49. The van der Waals surface area contributed by atoms with Gasteiger partial charge in [-0.1, -0.05) is 36.4 Å². The third-order valence-corrected chi connectivity index (χ3v) is 2.70. The Morgan fingerprint density at radius 3 is 2.87 bits per heavy atom. The highest BCUT2D eigenvalue weighted by atomic mass is 16.3. The molecule has 1 aromatic rings. The van der Waals surface area contributed by atoms with E-state index in [9.17, 15) is 5.11 Å². The van der Waals surface area contributed by atoms with E-state index >= 15 is 0 Å². The topological polar surface area (TPSA) is 20.2 Å². The van der Waals surface area contributed by atoms with Gasteiger partial charge < -0.3 is 5.11 Å². The van der Waals surface area contributed by atoms with Gasteiger partial charge in [-0.15, -0.1) is 0 Å². The minimum absolute atomic E-state index is 0.399. The van der Waals surface area contributed by atoms with Crippen LogP contribution in [0, 0.1) is 0 Å². The van der Waals surface area contributed by atoms with Gasteiger partial charge in [0.15, 0.2) is 0 Å². The van der Waals surface area contributed by atoms with E-state index in [4.69, 9.17) is 0 Å². The van der Waals surface area contributed by atoms with Crippen LogP contribution < -0.4 is 0 Å². The molecule has 0 bridgehead atoms. The standard InChI is InChI=1S/C14H16O/c15-14-10-6-5-9-13(14)11-12-7-3-1-2-4-8-12/h3,5-10,15H,1-2,4,11H2. The van der Waals surface area contributed by atoms with E-state index in [2.05, 4.69) is 18.2 Å². The highest BCUT2D eigenvalue weighted by molar-refractivity contribution is 5.37. The summed E-state index contributed by atoms with van der Waals surface area (Å²) in [5, 5.41) is 9.66. The molecular formula is C14H16O. The molecule has 0 amide bonds. The van der Waals surface area contributed by atoms with Crippen LogP contribution in [0.15, 0.2) is 48.1 Å². The van der Waals surface area contributed by atoms with Crippen LogP contribution >= 0.6 is 0 Å². The molecule has 0 atom stereocenters. The number of phenols is 1. The fourth-order valence-electron chi connectivity index (χ4n) is 1.84. The summed E-state index contributed by atoms with van der Waals surface area (Å²) in [4.78, 5) is 0. The highest BCUT2D eigenvalue weighted by Crippen LogP contribution is 2.21. The van der Waals surface area contributed by atoms with E-state index < -0.39 is 0 Å². The predicted molar refractivity (Wildman–Crippen MR) is 62.9 cm³/mol. The van der Waals surface area contributed by atoms with Crippen molar-refractivity contribution in [3.8, 4) is 5.75 Å². The number of aromatic hydroxyl groups is 1. The number of phenolic OH excluding ortho intramolecular Hbond substituents is 1. The van der Waals surface area contributed by atoms with Gasteiger partial charge in [0.25, 0.3) is 0 Å². The van der Waals surface area contributed by atoms with Gasteiger partial charge in [0.05, 0.1) is 0 Å². The van der Waals surface area contributed by atoms with Crippen molar-refractivity contribution >= 4 is 0 Å². The lowest BCUT2D eigenvalue weighted by atomic mass is 10.0. The molecule has 1 aliphatic carbocycles. The second-order valence-electron chi connectivity index (χ2n) is 3.92. The summed E-state index contributed by atoms with van der Waals surface area (Å²) < 4.78 is 0. The first-order chi connectivity index (χ1) is 7.36. The molecular weight excluding hydrogens is 184 g/mol. The summed E-state index contributed by atoms with van der Waals surface area (Å²) in [7, 11) is 0. The van der Waals surface area contributed by atoms with Crippen molar-refractivity contribution in [1.82, 2.24) is 0 Å². The van der Waals surface area contributed by atoms with Crippen LogP contribution in [0.4, 0.5) is 0 Å². The first-order valence-corrected chi connectivity index (χ1v) is 5.49. The second-order valence-corrected chi connectivity index (χ2v) is 3.92. The molecule has 2 rings (SSSR count). The Labute approximate surface area is 90.8 Å². The minimum atomic E-state index is 0.399. The van der Waals surface area contributed by atoms with E-state index in [1.807, 2.05) is 18.2 Å². The van der Waals surface area contributed by atoms with Crippen LogP contribution in [0.25, 0.3) is 0 Å². The number of para-hydroxylation sites is 1. The van der Waals surface area contributed by atoms with Crippen molar-refractivity contribution in [2.24, 2.45) is 0 Å². The maximum absolute atomic E-state index is 9.66. The van der Waals surface area contributed by atoms with Gasteiger partial charge in [-0.05, 0) is 36.5 Å². The van der Waals surface area contributed by atoms with E-state index in [-0.39, 0.29) is 0 Å². The van der Waals surface area contributed by atoms with Gasteiger partial charge in [-0.3, -0.25) is 0 Å². The zero-order valence-corrected chi connectivity index (χ0v) is 8.82. The SMILES string of the molecule is Oc1ccccc1CC1=CCCCC=C1. The van der Waals surface area contributed by atoms with Gasteiger partial charge in [0, 0.05) is 6.42 Å².